The van der Waals surface area contributed by atoms with Gasteiger partial charge in [-0.25, -0.2) is 4.98 Å². The van der Waals surface area contributed by atoms with Gasteiger partial charge in [-0.1, -0.05) is 6.07 Å². The summed E-state index contributed by atoms with van der Waals surface area (Å²) in [5, 5.41) is 3.67. The summed E-state index contributed by atoms with van der Waals surface area (Å²) in [6, 6.07) is 7.67. The van der Waals surface area contributed by atoms with Crippen molar-refractivity contribution < 1.29 is 0 Å². The van der Waals surface area contributed by atoms with Crippen LogP contribution in [0, 0.1) is 0 Å². The molecule has 106 valence electrons. The molecule has 1 aliphatic carbocycles. The van der Waals surface area contributed by atoms with Crippen molar-refractivity contribution in [1.29, 1.82) is 0 Å². The van der Waals surface area contributed by atoms with Crippen LogP contribution in [0.3, 0.4) is 0 Å². The second-order valence-corrected chi connectivity index (χ2v) is 6.15. The highest BCUT2D eigenvalue weighted by molar-refractivity contribution is 5.39. The number of fused-ring (bicyclic) bond motifs is 1. The molecule has 0 radical (unpaired) electrons. The van der Waals surface area contributed by atoms with E-state index in [-0.39, 0.29) is 0 Å². The predicted molar refractivity (Wildman–Crippen MR) is 79.6 cm³/mol. The van der Waals surface area contributed by atoms with Crippen molar-refractivity contribution in [2.75, 3.05) is 13.1 Å². The van der Waals surface area contributed by atoms with Gasteiger partial charge in [0, 0.05) is 37.6 Å². The third-order valence-corrected chi connectivity index (χ3v) is 4.50. The molecule has 0 spiro atoms. The van der Waals surface area contributed by atoms with E-state index >= 15 is 0 Å². The lowest BCUT2D eigenvalue weighted by atomic mass is 10.2. The monoisotopic (exact) mass is 270 g/mol. The van der Waals surface area contributed by atoms with E-state index in [0.29, 0.717) is 6.04 Å². The lowest BCUT2D eigenvalue weighted by Gasteiger charge is -2.23. The fraction of sp³-hybridized carbons (Fsp3) is 0.562. The minimum atomic E-state index is 0.695. The summed E-state index contributed by atoms with van der Waals surface area (Å²) in [5.41, 5.74) is 2.24. The SMILES string of the molecule is c1ccn2cc(CN3CCCC3CNC3CC3)nc2c1. The number of nitrogens with zero attached hydrogens (tertiary/aromatic N) is 3. The Balaban J connectivity index is 1.43. The van der Waals surface area contributed by atoms with E-state index in [1.54, 1.807) is 0 Å². The number of hydrogen-bond acceptors (Lipinski definition) is 3. The van der Waals surface area contributed by atoms with Crippen LogP contribution in [-0.2, 0) is 6.54 Å². The molecule has 2 aliphatic rings. The zero-order chi connectivity index (χ0) is 13.4. The van der Waals surface area contributed by atoms with Crippen molar-refractivity contribution in [3.05, 3.63) is 36.3 Å². The van der Waals surface area contributed by atoms with Gasteiger partial charge in [0.05, 0.1) is 5.69 Å². The van der Waals surface area contributed by atoms with E-state index in [0.717, 1.165) is 24.8 Å². The Morgan fingerprint density at radius 3 is 3.05 bits per heavy atom. The number of rotatable bonds is 5. The first-order valence-corrected chi connectivity index (χ1v) is 7.78. The summed E-state index contributed by atoms with van der Waals surface area (Å²) in [6.45, 7) is 3.35. The predicted octanol–water partition coefficient (Wildman–Crippen LogP) is 2.05. The Labute approximate surface area is 119 Å². The Morgan fingerprint density at radius 2 is 2.20 bits per heavy atom. The quantitative estimate of drug-likeness (QED) is 0.902. The smallest absolute Gasteiger partial charge is 0.137 e. The summed E-state index contributed by atoms with van der Waals surface area (Å²) < 4.78 is 2.11. The van der Waals surface area contributed by atoms with E-state index in [4.69, 9.17) is 4.98 Å². The number of hydrogen-bond donors (Lipinski definition) is 1. The third-order valence-electron chi connectivity index (χ3n) is 4.50. The summed E-state index contributed by atoms with van der Waals surface area (Å²) in [6.07, 6.45) is 9.64. The molecule has 0 amide bonds. The molecular weight excluding hydrogens is 248 g/mol. The molecule has 0 bridgehead atoms. The van der Waals surface area contributed by atoms with Gasteiger partial charge in [-0.2, -0.15) is 0 Å². The van der Waals surface area contributed by atoms with E-state index in [9.17, 15) is 0 Å². The van der Waals surface area contributed by atoms with E-state index in [1.165, 1.54) is 37.9 Å². The Hall–Kier alpha value is -1.39. The maximum Gasteiger partial charge on any atom is 0.137 e. The first-order chi connectivity index (χ1) is 9.88. The van der Waals surface area contributed by atoms with Gasteiger partial charge >= 0.3 is 0 Å². The first-order valence-electron chi connectivity index (χ1n) is 7.78. The number of aromatic nitrogens is 2. The van der Waals surface area contributed by atoms with Crippen molar-refractivity contribution >= 4 is 5.65 Å². The molecule has 2 fully saturated rings. The minimum Gasteiger partial charge on any atom is -0.312 e. The molecule has 4 heteroatoms. The fourth-order valence-electron chi connectivity index (χ4n) is 3.20. The Kier molecular flexibility index (Phi) is 3.20. The van der Waals surface area contributed by atoms with Crippen LogP contribution >= 0.6 is 0 Å². The lowest BCUT2D eigenvalue weighted by molar-refractivity contribution is 0.236. The first kappa shape index (κ1) is 12.4. The topological polar surface area (TPSA) is 32.6 Å². The molecular formula is C16H22N4. The summed E-state index contributed by atoms with van der Waals surface area (Å²) >= 11 is 0. The molecule has 4 rings (SSSR count). The van der Waals surface area contributed by atoms with Gasteiger partial charge in [0.25, 0.3) is 0 Å². The summed E-state index contributed by atoms with van der Waals surface area (Å²) in [4.78, 5) is 7.31. The fourth-order valence-corrected chi connectivity index (χ4v) is 3.20. The lowest BCUT2D eigenvalue weighted by Crippen LogP contribution is -2.38. The second-order valence-electron chi connectivity index (χ2n) is 6.15. The Bertz CT molecular complexity index is 554. The molecule has 1 aliphatic heterocycles. The van der Waals surface area contributed by atoms with Gasteiger partial charge < -0.3 is 9.72 Å². The van der Waals surface area contributed by atoms with E-state index < -0.39 is 0 Å². The third kappa shape index (κ3) is 2.58. The van der Waals surface area contributed by atoms with Crippen molar-refractivity contribution in [1.82, 2.24) is 19.6 Å². The molecule has 2 aromatic rings. The molecule has 1 unspecified atom stereocenters. The van der Waals surface area contributed by atoms with Crippen LogP contribution in [0.4, 0.5) is 0 Å². The average molecular weight is 270 g/mol. The Morgan fingerprint density at radius 1 is 1.25 bits per heavy atom. The van der Waals surface area contributed by atoms with Crippen molar-refractivity contribution in [3.63, 3.8) is 0 Å². The maximum absolute atomic E-state index is 4.72. The number of nitrogens with one attached hydrogen (secondary N) is 1. The molecule has 2 aromatic heterocycles. The van der Waals surface area contributed by atoms with Crippen LogP contribution in [0.5, 0.6) is 0 Å². The van der Waals surface area contributed by atoms with Gasteiger partial charge in [0.2, 0.25) is 0 Å². The van der Waals surface area contributed by atoms with Gasteiger partial charge in [-0.05, 0) is 44.4 Å². The normalized spacial score (nSPS) is 23.7. The van der Waals surface area contributed by atoms with Crippen molar-refractivity contribution in [2.24, 2.45) is 0 Å². The molecule has 1 saturated heterocycles. The maximum atomic E-state index is 4.72. The highest BCUT2D eigenvalue weighted by Gasteiger charge is 2.28. The largest absolute Gasteiger partial charge is 0.312 e. The number of likely N-dealkylation sites (tertiary alicyclic amines) is 1. The highest BCUT2D eigenvalue weighted by Crippen LogP contribution is 2.22. The number of imidazole rings is 1. The molecule has 1 saturated carbocycles. The van der Waals surface area contributed by atoms with Gasteiger partial charge in [-0.15, -0.1) is 0 Å². The molecule has 4 nitrogen and oxygen atoms in total. The zero-order valence-electron chi connectivity index (χ0n) is 11.8. The van der Waals surface area contributed by atoms with Crippen LogP contribution < -0.4 is 5.32 Å². The summed E-state index contributed by atoms with van der Waals surface area (Å²) in [7, 11) is 0. The highest BCUT2D eigenvalue weighted by atomic mass is 15.2. The molecule has 20 heavy (non-hydrogen) atoms. The van der Waals surface area contributed by atoms with Crippen LogP contribution in [0.2, 0.25) is 0 Å². The molecule has 3 heterocycles. The molecule has 0 aromatic carbocycles. The zero-order valence-corrected chi connectivity index (χ0v) is 11.8. The van der Waals surface area contributed by atoms with Gasteiger partial charge in [0.1, 0.15) is 5.65 Å². The van der Waals surface area contributed by atoms with Crippen LogP contribution in [-0.4, -0.2) is 39.5 Å². The van der Waals surface area contributed by atoms with Crippen molar-refractivity contribution in [3.8, 4) is 0 Å². The average Bonchev–Trinajstić information content (AvgIpc) is 3.04. The number of pyridine rings is 1. The summed E-state index contributed by atoms with van der Waals surface area (Å²) in [5.74, 6) is 0. The van der Waals surface area contributed by atoms with Crippen LogP contribution in [0.15, 0.2) is 30.6 Å². The van der Waals surface area contributed by atoms with Gasteiger partial charge in [0.15, 0.2) is 0 Å². The van der Waals surface area contributed by atoms with Gasteiger partial charge in [-0.3, -0.25) is 4.90 Å². The van der Waals surface area contributed by atoms with Crippen LogP contribution in [0.1, 0.15) is 31.4 Å². The second kappa shape index (κ2) is 5.19. The molecule has 1 atom stereocenters. The molecule has 1 N–H and O–H groups in total. The van der Waals surface area contributed by atoms with Crippen LogP contribution in [0.25, 0.3) is 5.65 Å². The van der Waals surface area contributed by atoms with E-state index in [2.05, 4.69) is 39.1 Å². The standard InChI is InChI=1S/C16H22N4/c1-2-8-20-12-14(18-16(20)5-1)11-19-9-3-4-15(19)10-17-13-6-7-13/h1-2,5,8,12-13,15,17H,3-4,6-7,9-11H2. The minimum absolute atomic E-state index is 0.695. The van der Waals surface area contributed by atoms with E-state index in [1.807, 2.05) is 6.07 Å². The van der Waals surface area contributed by atoms with Crippen molar-refractivity contribution in [2.45, 2.75) is 44.3 Å².